The molecular weight excluding hydrogens is 388 g/mol. The molecule has 0 aromatic carbocycles. The van der Waals surface area contributed by atoms with Gasteiger partial charge in [0.15, 0.2) is 5.65 Å². The third-order valence-corrected chi connectivity index (χ3v) is 5.34. The zero-order chi connectivity index (χ0) is 21.3. The van der Waals surface area contributed by atoms with Crippen LogP contribution in [0.4, 0.5) is 0 Å². The van der Waals surface area contributed by atoms with Crippen molar-refractivity contribution in [3.05, 3.63) is 33.6 Å². The average molecular weight is 415 g/mol. The molecule has 0 bridgehead atoms. The topological polar surface area (TPSA) is 86.1 Å². The molecule has 0 unspecified atom stereocenters. The van der Waals surface area contributed by atoms with Crippen molar-refractivity contribution in [1.82, 2.24) is 20.1 Å². The van der Waals surface area contributed by atoms with Crippen molar-refractivity contribution in [1.29, 1.82) is 0 Å². The van der Waals surface area contributed by atoms with Gasteiger partial charge in [-0.05, 0) is 53.7 Å². The van der Waals surface area contributed by atoms with Crippen LogP contribution in [0, 0.1) is 13.8 Å². The van der Waals surface area contributed by atoms with Crippen molar-refractivity contribution in [3.8, 4) is 11.3 Å². The fourth-order valence-electron chi connectivity index (χ4n) is 3.16. The quantitative estimate of drug-likeness (QED) is 0.615. The van der Waals surface area contributed by atoms with Gasteiger partial charge in [-0.25, -0.2) is 9.67 Å². The molecule has 0 aliphatic carbocycles. The number of hydrogen-bond acceptors (Lipinski definition) is 6. The molecule has 8 heteroatoms. The number of aromatic nitrogens is 3. The summed E-state index contributed by atoms with van der Waals surface area (Å²) in [5.41, 5.74) is 2.81. The van der Waals surface area contributed by atoms with Gasteiger partial charge in [-0.3, -0.25) is 9.59 Å². The maximum Gasteiger partial charge on any atom is 0.325 e. The number of nitrogens with one attached hydrogen (secondary N) is 1. The van der Waals surface area contributed by atoms with Crippen LogP contribution < -0.4 is 5.32 Å². The van der Waals surface area contributed by atoms with E-state index in [9.17, 15) is 9.59 Å². The fraction of sp³-hybridized carbons (Fsp3) is 0.429. The summed E-state index contributed by atoms with van der Waals surface area (Å²) >= 11 is 1.69. The van der Waals surface area contributed by atoms with E-state index < -0.39 is 5.97 Å². The lowest BCUT2D eigenvalue weighted by Crippen LogP contribution is -2.31. The lowest BCUT2D eigenvalue weighted by Gasteiger charge is -2.11. The highest BCUT2D eigenvalue weighted by Crippen LogP contribution is 2.32. The third-order valence-electron chi connectivity index (χ3n) is 4.38. The molecule has 0 aliphatic rings. The molecule has 7 nitrogen and oxygen atoms in total. The van der Waals surface area contributed by atoms with Gasteiger partial charge >= 0.3 is 5.97 Å². The molecule has 0 radical (unpaired) electrons. The van der Waals surface area contributed by atoms with Crippen LogP contribution in [0.5, 0.6) is 0 Å². The zero-order valence-corrected chi connectivity index (χ0v) is 18.4. The SMILES string of the molecule is Cc1cc(-c2cc(C(=O)NCC(=O)OC(C)C)c3cnn(C(C)C)c3n2)c(C)s1. The molecular formula is C21H26N4O3S. The van der Waals surface area contributed by atoms with Gasteiger partial charge in [-0.1, -0.05) is 0 Å². The van der Waals surface area contributed by atoms with Crippen LogP contribution in [0.15, 0.2) is 18.3 Å². The molecule has 0 fully saturated rings. The maximum absolute atomic E-state index is 12.9. The summed E-state index contributed by atoms with van der Waals surface area (Å²) in [6.45, 7) is 11.5. The number of nitrogens with zero attached hydrogens (tertiary/aromatic N) is 3. The number of amides is 1. The molecule has 154 valence electrons. The highest BCUT2D eigenvalue weighted by molar-refractivity contribution is 7.12. The van der Waals surface area contributed by atoms with Gasteiger partial charge in [0, 0.05) is 21.4 Å². The molecule has 0 atom stereocenters. The number of carbonyl (C=O) groups excluding carboxylic acids is 2. The summed E-state index contributed by atoms with van der Waals surface area (Å²) in [5, 5.41) is 7.73. The van der Waals surface area contributed by atoms with E-state index in [-0.39, 0.29) is 24.6 Å². The fourth-order valence-corrected chi connectivity index (χ4v) is 4.09. The van der Waals surface area contributed by atoms with Gasteiger partial charge in [-0.15, -0.1) is 11.3 Å². The Bertz CT molecular complexity index is 1070. The summed E-state index contributed by atoms with van der Waals surface area (Å²) in [6.07, 6.45) is 1.42. The third kappa shape index (κ3) is 4.48. The highest BCUT2D eigenvalue weighted by atomic mass is 32.1. The minimum atomic E-state index is -0.471. The van der Waals surface area contributed by atoms with Gasteiger partial charge in [0.1, 0.15) is 6.54 Å². The van der Waals surface area contributed by atoms with Gasteiger partial charge in [-0.2, -0.15) is 5.10 Å². The van der Waals surface area contributed by atoms with E-state index in [1.54, 1.807) is 42.1 Å². The van der Waals surface area contributed by atoms with Gasteiger partial charge in [0.05, 0.1) is 28.9 Å². The highest BCUT2D eigenvalue weighted by Gasteiger charge is 2.20. The Labute approximate surface area is 174 Å². The van der Waals surface area contributed by atoms with Crippen LogP contribution in [0.3, 0.4) is 0 Å². The first-order valence-corrected chi connectivity index (χ1v) is 10.4. The van der Waals surface area contributed by atoms with E-state index in [1.165, 1.54) is 4.88 Å². The number of rotatable bonds is 6. The summed E-state index contributed by atoms with van der Waals surface area (Å²) in [4.78, 5) is 31.9. The maximum atomic E-state index is 12.9. The second-order valence-electron chi connectivity index (χ2n) is 7.52. The van der Waals surface area contributed by atoms with Gasteiger partial charge in [0.25, 0.3) is 5.91 Å². The first-order valence-electron chi connectivity index (χ1n) is 9.60. The predicted octanol–water partition coefficient (Wildman–Crippen LogP) is 4.04. The molecule has 1 N–H and O–H groups in total. The number of thiophene rings is 1. The number of hydrogen-bond donors (Lipinski definition) is 1. The number of esters is 1. The van der Waals surface area contributed by atoms with Crippen molar-refractivity contribution < 1.29 is 14.3 Å². The molecule has 29 heavy (non-hydrogen) atoms. The first kappa shape index (κ1) is 21.0. The Balaban J connectivity index is 2.04. The minimum absolute atomic E-state index is 0.0949. The predicted molar refractivity (Wildman–Crippen MR) is 114 cm³/mol. The van der Waals surface area contributed by atoms with Gasteiger partial charge in [0.2, 0.25) is 0 Å². The second kappa shape index (κ2) is 8.32. The molecule has 3 heterocycles. The second-order valence-corrected chi connectivity index (χ2v) is 8.98. The molecule has 0 saturated heterocycles. The van der Waals surface area contributed by atoms with Crippen LogP contribution in [0.2, 0.25) is 0 Å². The van der Waals surface area contributed by atoms with Crippen LogP contribution >= 0.6 is 11.3 Å². The summed E-state index contributed by atoms with van der Waals surface area (Å²) in [7, 11) is 0. The Morgan fingerprint density at radius 3 is 2.52 bits per heavy atom. The smallest absolute Gasteiger partial charge is 0.325 e. The average Bonchev–Trinajstić information content (AvgIpc) is 3.20. The molecule has 3 rings (SSSR count). The molecule has 1 amide bonds. The molecule has 0 spiro atoms. The summed E-state index contributed by atoms with van der Waals surface area (Å²) in [6, 6.07) is 3.94. The molecule has 0 aliphatic heterocycles. The Morgan fingerprint density at radius 1 is 1.21 bits per heavy atom. The van der Waals surface area contributed by atoms with Crippen LogP contribution in [0.1, 0.15) is 53.8 Å². The van der Waals surface area contributed by atoms with E-state index in [1.807, 2.05) is 27.7 Å². The van der Waals surface area contributed by atoms with E-state index in [2.05, 4.69) is 16.5 Å². The monoisotopic (exact) mass is 414 g/mol. The number of aryl methyl sites for hydroxylation is 2. The normalized spacial score (nSPS) is 11.4. The standard InChI is InChI=1S/C21H26N4O3S/c1-11(2)25-20-17(9-23-25)16(21(27)22-10-19(26)28-12(3)4)8-18(24-20)15-7-13(5)29-14(15)6/h7-9,11-12H,10H2,1-6H3,(H,22,27). The van der Waals surface area contributed by atoms with Crippen molar-refractivity contribution in [2.75, 3.05) is 6.54 Å². The van der Waals surface area contributed by atoms with Crippen LogP contribution in [-0.4, -0.2) is 39.3 Å². The number of carbonyl (C=O) groups is 2. The lowest BCUT2D eigenvalue weighted by atomic mass is 10.1. The van der Waals surface area contributed by atoms with Crippen molar-refractivity contribution >= 4 is 34.2 Å². The van der Waals surface area contributed by atoms with E-state index in [0.717, 1.165) is 16.1 Å². The minimum Gasteiger partial charge on any atom is -0.462 e. The number of pyridine rings is 1. The largest absolute Gasteiger partial charge is 0.462 e. The Hall–Kier alpha value is -2.74. The van der Waals surface area contributed by atoms with Gasteiger partial charge < -0.3 is 10.1 Å². The van der Waals surface area contributed by atoms with Crippen LogP contribution in [-0.2, 0) is 9.53 Å². The van der Waals surface area contributed by atoms with E-state index >= 15 is 0 Å². The van der Waals surface area contributed by atoms with E-state index in [0.29, 0.717) is 16.6 Å². The molecule has 3 aromatic rings. The Kier molecular flexibility index (Phi) is 6.02. The number of ether oxygens (including phenoxy) is 1. The molecule has 0 saturated carbocycles. The molecule has 3 aromatic heterocycles. The lowest BCUT2D eigenvalue weighted by molar-refractivity contribution is -0.146. The summed E-state index contributed by atoms with van der Waals surface area (Å²) in [5.74, 6) is -0.826. The summed E-state index contributed by atoms with van der Waals surface area (Å²) < 4.78 is 6.89. The number of fused-ring (bicyclic) bond motifs is 1. The van der Waals surface area contributed by atoms with Crippen molar-refractivity contribution in [3.63, 3.8) is 0 Å². The zero-order valence-electron chi connectivity index (χ0n) is 17.6. The Morgan fingerprint density at radius 2 is 1.93 bits per heavy atom. The first-order chi connectivity index (χ1) is 13.7. The van der Waals surface area contributed by atoms with Crippen molar-refractivity contribution in [2.24, 2.45) is 0 Å². The van der Waals surface area contributed by atoms with Crippen LogP contribution in [0.25, 0.3) is 22.3 Å². The van der Waals surface area contributed by atoms with E-state index in [4.69, 9.17) is 9.72 Å². The van der Waals surface area contributed by atoms with Crippen molar-refractivity contribution in [2.45, 2.75) is 53.7 Å².